The van der Waals surface area contributed by atoms with E-state index in [1.165, 1.54) is 12.1 Å². The number of nitrogens with zero attached hydrogens (tertiary/aromatic N) is 1. The van der Waals surface area contributed by atoms with Gasteiger partial charge in [0.1, 0.15) is 5.82 Å². The van der Waals surface area contributed by atoms with Crippen LogP contribution in [0.4, 0.5) is 10.1 Å². The summed E-state index contributed by atoms with van der Waals surface area (Å²) in [5.74, 6) is 0.155. The lowest BCUT2D eigenvalue weighted by molar-refractivity contribution is -0.385. The number of nitro benzene ring substituents is 1. The Morgan fingerprint density at radius 3 is 2.60 bits per heavy atom. The van der Waals surface area contributed by atoms with Crippen molar-refractivity contribution in [1.29, 1.82) is 0 Å². The first-order valence-electron chi connectivity index (χ1n) is 7.08. The predicted molar refractivity (Wildman–Crippen MR) is 75.9 cm³/mol. The van der Waals surface area contributed by atoms with Crippen LogP contribution in [0.1, 0.15) is 38.2 Å². The zero-order valence-electron chi connectivity index (χ0n) is 11.8. The van der Waals surface area contributed by atoms with Gasteiger partial charge in [0.15, 0.2) is 0 Å². The fourth-order valence-corrected chi connectivity index (χ4v) is 3.10. The normalized spacial score (nSPS) is 26.4. The molecular formula is C15H21FN2O2. The minimum absolute atomic E-state index is 0.0336. The fraction of sp³-hybridized carbons (Fsp3) is 0.600. The smallest absolute Gasteiger partial charge is 0.272 e. The lowest BCUT2D eigenvalue weighted by Crippen LogP contribution is -2.36. The van der Waals surface area contributed by atoms with Crippen LogP contribution in [0.5, 0.6) is 0 Å². The Morgan fingerprint density at radius 2 is 2.05 bits per heavy atom. The van der Waals surface area contributed by atoms with Crippen LogP contribution in [0.2, 0.25) is 0 Å². The van der Waals surface area contributed by atoms with Gasteiger partial charge in [-0.3, -0.25) is 10.1 Å². The molecule has 4 nitrogen and oxygen atoms in total. The van der Waals surface area contributed by atoms with Crippen LogP contribution in [0.15, 0.2) is 18.2 Å². The first-order chi connectivity index (χ1) is 9.44. The summed E-state index contributed by atoms with van der Waals surface area (Å²) in [6, 6.07) is 3.82. The molecule has 1 aliphatic rings. The molecule has 20 heavy (non-hydrogen) atoms. The van der Waals surface area contributed by atoms with E-state index >= 15 is 0 Å². The quantitative estimate of drug-likeness (QED) is 0.678. The second-order valence-electron chi connectivity index (χ2n) is 6.14. The highest BCUT2D eigenvalue weighted by Gasteiger charge is 2.33. The maximum absolute atomic E-state index is 13.5. The van der Waals surface area contributed by atoms with Crippen molar-refractivity contribution in [3.8, 4) is 0 Å². The largest absolute Gasteiger partial charge is 0.330 e. The highest BCUT2D eigenvalue weighted by molar-refractivity contribution is 5.35. The molecule has 0 unspecified atom stereocenters. The van der Waals surface area contributed by atoms with Crippen molar-refractivity contribution in [2.24, 2.45) is 17.1 Å². The van der Waals surface area contributed by atoms with E-state index in [9.17, 15) is 14.5 Å². The first-order valence-corrected chi connectivity index (χ1v) is 7.08. The maximum atomic E-state index is 13.5. The van der Waals surface area contributed by atoms with Gasteiger partial charge in [0, 0.05) is 6.07 Å². The van der Waals surface area contributed by atoms with E-state index in [2.05, 4.69) is 6.92 Å². The van der Waals surface area contributed by atoms with Crippen LogP contribution in [0, 0.1) is 27.3 Å². The summed E-state index contributed by atoms with van der Waals surface area (Å²) in [6.45, 7) is 2.78. The molecule has 1 aromatic rings. The van der Waals surface area contributed by atoms with Crippen LogP contribution in [-0.2, 0) is 6.42 Å². The SMILES string of the molecule is CC1CCC(CN)(Cc2cc(F)cc([N+](=O)[O-])c2)CC1. The molecule has 2 N–H and O–H groups in total. The van der Waals surface area contributed by atoms with E-state index in [1.54, 1.807) is 0 Å². The zero-order chi connectivity index (χ0) is 14.8. The van der Waals surface area contributed by atoms with E-state index in [0.29, 0.717) is 24.4 Å². The van der Waals surface area contributed by atoms with Crippen molar-refractivity contribution in [2.75, 3.05) is 6.54 Å². The summed E-state index contributed by atoms with van der Waals surface area (Å²) < 4.78 is 13.5. The van der Waals surface area contributed by atoms with Gasteiger partial charge in [0.2, 0.25) is 0 Å². The van der Waals surface area contributed by atoms with Crippen LogP contribution < -0.4 is 5.73 Å². The van der Waals surface area contributed by atoms with E-state index in [4.69, 9.17) is 5.73 Å². The molecule has 2 rings (SSSR count). The van der Waals surface area contributed by atoms with Crippen molar-refractivity contribution in [3.05, 3.63) is 39.7 Å². The fourth-order valence-electron chi connectivity index (χ4n) is 3.10. The Kier molecular flexibility index (Phi) is 4.38. The van der Waals surface area contributed by atoms with Crippen molar-refractivity contribution in [3.63, 3.8) is 0 Å². The second kappa shape index (κ2) is 5.87. The van der Waals surface area contributed by atoms with Gasteiger partial charge in [0.05, 0.1) is 11.0 Å². The predicted octanol–water partition coefficient (Wildman–Crippen LogP) is 3.43. The number of rotatable bonds is 4. The monoisotopic (exact) mass is 280 g/mol. The molecule has 0 radical (unpaired) electrons. The highest BCUT2D eigenvalue weighted by atomic mass is 19.1. The Morgan fingerprint density at radius 1 is 1.40 bits per heavy atom. The van der Waals surface area contributed by atoms with Crippen molar-refractivity contribution in [2.45, 2.75) is 39.0 Å². The maximum Gasteiger partial charge on any atom is 0.272 e. The third-order valence-corrected chi connectivity index (χ3v) is 4.50. The molecule has 0 atom stereocenters. The Labute approximate surface area is 118 Å². The molecule has 0 spiro atoms. The lowest BCUT2D eigenvalue weighted by Gasteiger charge is -2.38. The Hall–Kier alpha value is -1.49. The molecule has 0 aromatic heterocycles. The molecule has 0 heterocycles. The van der Waals surface area contributed by atoms with Crippen LogP contribution >= 0.6 is 0 Å². The number of halogens is 1. The average molecular weight is 280 g/mol. The van der Waals surface area contributed by atoms with Crippen LogP contribution in [0.3, 0.4) is 0 Å². The van der Waals surface area contributed by atoms with Gasteiger partial charge < -0.3 is 5.73 Å². The Bertz CT molecular complexity index is 497. The molecule has 0 saturated heterocycles. The van der Waals surface area contributed by atoms with E-state index < -0.39 is 10.7 Å². The van der Waals surface area contributed by atoms with E-state index in [0.717, 1.165) is 31.7 Å². The van der Waals surface area contributed by atoms with Gasteiger partial charge >= 0.3 is 0 Å². The summed E-state index contributed by atoms with van der Waals surface area (Å²) in [6.07, 6.45) is 4.88. The molecule has 1 saturated carbocycles. The van der Waals surface area contributed by atoms with Gasteiger partial charge in [-0.15, -0.1) is 0 Å². The molecule has 1 aliphatic carbocycles. The van der Waals surface area contributed by atoms with Crippen molar-refractivity contribution in [1.82, 2.24) is 0 Å². The number of hydrogen-bond acceptors (Lipinski definition) is 3. The molecule has 1 fully saturated rings. The summed E-state index contributed by atoms with van der Waals surface area (Å²) in [4.78, 5) is 10.3. The number of non-ortho nitro benzene ring substituents is 1. The number of nitrogens with two attached hydrogens (primary N) is 1. The van der Waals surface area contributed by atoms with Crippen molar-refractivity contribution >= 4 is 5.69 Å². The third kappa shape index (κ3) is 3.33. The topological polar surface area (TPSA) is 69.2 Å². The van der Waals surface area contributed by atoms with Gasteiger partial charge in [0.25, 0.3) is 5.69 Å². The average Bonchev–Trinajstić information content (AvgIpc) is 2.41. The summed E-state index contributed by atoms with van der Waals surface area (Å²) in [7, 11) is 0. The van der Waals surface area contributed by atoms with Gasteiger partial charge in [-0.05, 0) is 48.8 Å². The molecule has 0 bridgehead atoms. The third-order valence-electron chi connectivity index (χ3n) is 4.50. The minimum atomic E-state index is -0.551. The van der Waals surface area contributed by atoms with E-state index in [-0.39, 0.29) is 11.1 Å². The minimum Gasteiger partial charge on any atom is -0.330 e. The molecule has 5 heteroatoms. The van der Waals surface area contributed by atoms with Gasteiger partial charge in [-0.2, -0.15) is 0 Å². The summed E-state index contributed by atoms with van der Waals surface area (Å²) in [5.41, 5.74) is 6.40. The second-order valence-corrected chi connectivity index (χ2v) is 6.14. The van der Waals surface area contributed by atoms with Gasteiger partial charge in [-0.1, -0.05) is 19.8 Å². The summed E-state index contributed by atoms with van der Waals surface area (Å²) >= 11 is 0. The lowest BCUT2D eigenvalue weighted by atomic mass is 9.68. The van der Waals surface area contributed by atoms with Crippen LogP contribution in [-0.4, -0.2) is 11.5 Å². The molecule has 0 aliphatic heterocycles. The molecule has 110 valence electrons. The number of benzene rings is 1. The van der Waals surface area contributed by atoms with Gasteiger partial charge in [-0.25, -0.2) is 4.39 Å². The Balaban J connectivity index is 2.21. The van der Waals surface area contributed by atoms with Crippen LogP contribution in [0.25, 0.3) is 0 Å². The summed E-state index contributed by atoms with van der Waals surface area (Å²) in [5, 5.41) is 10.8. The van der Waals surface area contributed by atoms with Crippen molar-refractivity contribution < 1.29 is 9.31 Å². The molecule has 1 aromatic carbocycles. The zero-order valence-corrected chi connectivity index (χ0v) is 11.8. The highest BCUT2D eigenvalue weighted by Crippen LogP contribution is 2.41. The first kappa shape index (κ1) is 14.9. The molecule has 0 amide bonds. The number of nitro groups is 1. The standard InChI is InChI=1S/C15H21FN2O2/c1-11-2-4-15(10-17,5-3-11)9-12-6-13(16)8-14(7-12)18(19)20/h6-8,11H,2-5,9-10,17H2,1H3. The van der Waals surface area contributed by atoms with E-state index in [1.807, 2.05) is 0 Å². The number of hydrogen-bond donors (Lipinski definition) is 1. The molecular weight excluding hydrogens is 259 g/mol.